The maximum absolute atomic E-state index is 13.1. The zero-order valence-electron chi connectivity index (χ0n) is 23.0. The molecule has 0 spiro atoms. The Bertz CT molecular complexity index is 1320. The van der Waals surface area contributed by atoms with Crippen LogP contribution in [0.4, 0.5) is 0 Å². The number of benzene rings is 1. The average Bonchev–Trinajstić information content (AvgIpc) is 3.19. The lowest BCUT2D eigenvalue weighted by atomic mass is 9.82. The van der Waals surface area contributed by atoms with Crippen LogP contribution in [0.5, 0.6) is 0 Å². The van der Waals surface area contributed by atoms with Gasteiger partial charge in [0.1, 0.15) is 11.5 Å². The molecule has 7 heteroatoms. The number of imidazole rings is 1. The van der Waals surface area contributed by atoms with Crippen LogP contribution in [0.15, 0.2) is 12.1 Å². The Morgan fingerprint density at radius 2 is 2.03 bits per heavy atom. The van der Waals surface area contributed by atoms with Gasteiger partial charge in [-0.05, 0) is 79.0 Å². The van der Waals surface area contributed by atoms with E-state index in [0.717, 1.165) is 74.0 Å². The molecule has 1 aliphatic heterocycles. The number of fused-ring (bicyclic) bond motifs is 3. The molecule has 3 heterocycles. The molecule has 3 aromatic rings. The topological polar surface area (TPSA) is 86.9 Å². The van der Waals surface area contributed by atoms with E-state index in [0.29, 0.717) is 17.6 Å². The number of ketones is 1. The molecule has 2 aromatic heterocycles. The molecule has 0 bridgehead atoms. The predicted molar refractivity (Wildman–Crippen MR) is 146 cm³/mol. The molecule has 1 aromatic carbocycles. The maximum Gasteiger partial charge on any atom is 0.159 e. The van der Waals surface area contributed by atoms with E-state index in [-0.39, 0.29) is 17.9 Å². The number of nitrogens with zero attached hydrogens (tertiary/aromatic N) is 3. The molecular weight excluding hydrogens is 462 g/mol. The molecule has 2 aliphatic carbocycles. The van der Waals surface area contributed by atoms with Crippen molar-refractivity contribution in [3.8, 4) is 11.5 Å². The van der Waals surface area contributed by atoms with E-state index in [2.05, 4.69) is 61.7 Å². The average molecular weight is 504 g/mol. The second-order valence-corrected chi connectivity index (χ2v) is 12.2. The van der Waals surface area contributed by atoms with Crippen LogP contribution >= 0.6 is 0 Å². The number of ether oxygens (including phenoxy) is 1. The zero-order valence-corrected chi connectivity index (χ0v) is 23.0. The number of aromatic amines is 2. The number of nitrogens with one attached hydrogen (secondary N) is 2. The van der Waals surface area contributed by atoms with E-state index >= 15 is 0 Å². The molecule has 1 saturated heterocycles. The molecule has 6 rings (SSSR count). The van der Waals surface area contributed by atoms with Crippen molar-refractivity contribution < 1.29 is 9.53 Å². The van der Waals surface area contributed by atoms with E-state index in [1.54, 1.807) is 0 Å². The summed E-state index contributed by atoms with van der Waals surface area (Å²) in [5.41, 5.74) is 8.80. The van der Waals surface area contributed by atoms with E-state index in [1.807, 2.05) is 0 Å². The van der Waals surface area contributed by atoms with Gasteiger partial charge in [-0.1, -0.05) is 27.7 Å². The fraction of sp³-hybridized carbons (Fsp3) is 0.633. The van der Waals surface area contributed by atoms with Crippen molar-refractivity contribution in [2.24, 2.45) is 17.3 Å². The monoisotopic (exact) mass is 503 g/mol. The van der Waals surface area contributed by atoms with E-state index in [4.69, 9.17) is 14.8 Å². The highest BCUT2D eigenvalue weighted by Gasteiger charge is 2.53. The highest BCUT2D eigenvalue weighted by Crippen LogP contribution is 2.59. The molecule has 2 fully saturated rings. The van der Waals surface area contributed by atoms with Crippen LogP contribution in [0, 0.1) is 17.3 Å². The first-order valence-electron chi connectivity index (χ1n) is 14.2. The number of carbonyl (C=O) groups is 1. The SMILES string of the molecule is CCc1cc2[nH]c(-c3n[nH]c4c3C[C@@H]3C[C@]3(C)C4)nc2cc1C(C)C(C)CC(=O)[C@H](C)N1CCOCC1. The molecule has 0 amide bonds. The third kappa shape index (κ3) is 4.44. The maximum atomic E-state index is 13.1. The highest BCUT2D eigenvalue weighted by atomic mass is 16.5. The summed E-state index contributed by atoms with van der Waals surface area (Å²) in [6.45, 7) is 14.3. The van der Waals surface area contributed by atoms with Gasteiger partial charge in [0.25, 0.3) is 0 Å². The third-order valence-corrected chi connectivity index (χ3v) is 9.80. The number of aryl methyl sites for hydroxylation is 1. The van der Waals surface area contributed by atoms with Crippen molar-refractivity contribution in [1.82, 2.24) is 25.1 Å². The van der Waals surface area contributed by atoms with Crippen molar-refractivity contribution in [3.05, 3.63) is 34.5 Å². The van der Waals surface area contributed by atoms with E-state index in [9.17, 15) is 4.79 Å². The number of rotatable bonds is 8. The van der Waals surface area contributed by atoms with Crippen molar-refractivity contribution in [3.63, 3.8) is 0 Å². The number of hydrogen-bond donors (Lipinski definition) is 2. The first-order chi connectivity index (χ1) is 17.8. The van der Waals surface area contributed by atoms with Gasteiger partial charge in [0, 0.05) is 30.8 Å². The lowest BCUT2D eigenvalue weighted by Crippen LogP contribution is -2.46. The smallest absolute Gasteiger partial charge is 0.159 e. The van der Waals surface area contributed by atoms with Crippen LogP contribution in [0.2, 0.25) is 0 Å². The van der Waals surface area contributed by atoms with Crippen LogP contribution in [-0.2, 0) is 28.8 Å². The van der Waals surface area contributed by atoms with Crippen molar-refractivity contribution >= 4 is 16.8 Å². The quantitative estimate of drug-likeness (QED) is 0.449. The summed E-state index contributed by atoms with van der Waals surface area (Å²) in [4.78, 5) is 24.0. The van der Waals surface area contributed by atoms with Gasteiger partial charge >= 0.3 is 0 Å². The molecule has 0 radical (unpaired) electrons. The van der Waals surface area contributed by atoms with E-state index in [1.165, 1.54) is 28.8 Å². The Labute approximate surface area is 219 Å². The summed E-state index contributed by atoms with van der Waals surface area (Å²) < 4.78 is 5.46. The van der Waals surface area contributed by atoms with Crippen LogP contribution in [0.3, 0.4) is 0 Å². The predicted octanol–water partition coefficient (Wildman–Crippen LogP) is 5.06. The fourth-order valence-electron chi connectivity index (χ4n) is 6.75. The molecule has 2 N–H and O–H groups in total. The lowest BCUT2D eigenvalue weighted by Gasteiger charge is -2.32. The Balaban J connectivity index is 1.23. The van der Waals surface area contributed by atoms with Gasteiger partial charge in [-0.3, -0.25) is 14.8 Å². The second-order valence-electron chi connectivity index (χ2n) is 12.2. The standard InChI is InChI=1S/C30H41N5O2/c1-6-20-12-24-25(32-29(31-24)28-23-13-21-15-30(21,5)16-26(23)33-34-28)14-22(20)18(3)17(2)11-27(36)19(4)35-7-9-37-10-8-35/h12,14,17-19,21H,6-11,13,15-16H2,1-5H3,(H,31,32)(H,33,34)/t17?,18?,19-,21+,30+/m0/s1. The first kappa shape index (κ1) is 24.8. The minimum absolute atomic E-state index is 0.0474. The number of morpholine rings is 1. The normalized spacial score (nSPS) is 25.9. The van der Waals surface area contributed by atoms with Gasteiger partial charge in [-0.25, -0.2) is 4.98 Å². The van der Waals surface area contributed by atoms with Crippen molar-refractivity contribution in [2.45, 2.75) is 78.7 Å². The van der Waals surface area contributed by atoms with Crippen LogP contribution < -0.4 is 0 Å². The van der Waals surface area contributed by atoms with Gasteiger partial charge < -0.3 is 9.72 Å². The minimum Gasteiger partial charge on any atom is -0.379 e. The number of H-pyrrole nitrogens is 2. The molecule has 1 saturated carbocycles. The largest absolute Gasteiger partial charge is 0.379 e. The molecule has 2 unspecified atom stereocenters. The summed E-state index contributed by atoms with van der Waals surface area (Å²) in [5.74, 6) is 2.51. The van der Waals surface area contributed by atoms with E-state index < -0.39 is 0 Å². The molecule has 198 valence electrons. The zero-order chi connectivity index (χ0) is 25.9. The van der Waals surface area contributed by atoms with Gasteiger partial charge in [0.15, 0.2) is 5.82 Å². The Kier molecular flexibility index (Phi) is 6.27. The summed E-state index contributed by atoms with van der Waals surface area (Å²) in [5, 5.41) is 8.01. The summed E-state index contributed by atoms with van der Waals surface area (Å²) >= 11 is 0. The number of hydrogen-bond acceptors (Lipinski definition) is 5. The number of Topliss-reactive ketones (excluding diaryl/α,β-unsaturated/α-hetero) is 1. The van der Waals surface area contributed by atoms with Gasteiger partial charge in [0.2, 0.25) is 0 Å². The Morgan fingerprint density at radius 1 is 1.24 bits per heavy atom. The number of aromatic nitrogens is 4. The lowest BCUT2D eigenvalue weighted by molar-refractivity contribution is -0.126. The fourth-order valence-corrected chi connectivity index (χ4v) is 6.75. The number of carbonyl (C=O) groups excluding carboxylic acids is 1. The summed E-state index contributed by atoms with van der Waals surface area (Å²) in [6.07, 6.45) is 5.06. The minimum atomic E-state index is -0.0474. The van der Waals surface area contributed by atoms with Crippen LogP contribution in [0.1, 0.15) is 75.8 Å². The molecular formula is C30H41N5O2. The molecule has 3 aliphatic rings. The van der Waals surface area contributed by atoms with Gasteiger partial charge in [-0.15, -0.1) is 0 Å². The van der Waals surface area contributed by atoms with Crippen LogP contribution in [-0.4, -0.2) is 63.2 Å². The Morgan fingerprint density at radius 3 is 2.78 bits per heavy atom. The summed E-state index contributed by atoms with van der Waals surface area (Å²) in [7, 11) is 0. The van der Waals surface area contributed by atoms with Crippen LogP contribution in [0.25, 0.3) is 22.6 Å². The highest BCUT2D eigenvalue weighted by molar-refractivity contribution is 5.84. The molecule has 37 heavy (non-hydrogen) atoms. The molecule has 7 nitrogen and oxygen atoms in total. The van der Waals surface area contributed by atoms with Gasteiger partial charge in [0.05, 0.1) is 30.3 Å². The Hall–Kier alpha value is -2.51. The van der Waals surface area contributed by atoms with Gasteiger partial charge in [-0.2, -0.15) is 5.10 Å². The second kappa shape index (κ2) is 9.35. The first-order valence-corrected chi connectivity index (χ1v) is 14.2. The molecule has 5 atom stereocenters. The van der Waals surface area contributed by atoms with Crippen molar-refractivity contribution in [1.29, 1.82) is 0 Å². The third-order valence-electron chi connectivity index (χ3n) is 9.80. The summed E-state index contributed by atoms with van der Waals surface area (Å²) in [6, 6.07) is 4.47. The van der Waals surface area contributed by atoms with Crippen molar-refractivity contribution in [2.75, 3.05) is 26.3 Å².